The number of primary amides is 1. The van der Waals surface area contributed by atoms with Crippen LogP contribution in [-0.2, 0) is 4.79 Å². The molecule has 0 bridgehead atoms. The van der Waals surface area contributed by atoms with Crippen LogP contribution in [0.15, 0.2) is 0 Å². The molecular formula is C11H22N4O2. The zero-order chi connectivity index (χ0) is 13.0. The summed E-state index contributed by atoms with van der Waals surface area (Å²) in [5.41, 5.74) is 10.6. The SMILES string of the molecule is CC1CC(C)N(CC(=O)NC(N)=O)C(CN)C1. The van der Waals surface area contributed by atoms with Gasteiger partial charge in [0.15, 0.2) is 0 Å². The fourth-order valence-corrected chi connectivity index (χ4v) is 2.63. The van der Waals surface area contributed by atoms with E-state index in [2.05, 4.69) is 24.1 Å². The molecule has 1 rings (SSSR count). The number of carbonyl (C=O) groups is 2. The van der Waals surface area contributed by atoms with Gasteiger partial charge in [-0.25, -0.2) is 4.79 Å². The molecule has 0 aromatic rings. The smallest absolute Gasteiger partial charge is 0.318 e. The first-order chi connectivity index (χ1) is 7.93. The minimum absolute atomic E-state index is 0.179. The Labute approximate surface area is 102 Å². The molecule has 1 aliphatic heterocycles. The maximum atomic E-state index is 11.5. The van der Waals surface area contributed by atoms with Crippen molar-refractivity contribution in [1.29, 1.82) is 0 Å². The van der Waals surface area contributed by atoms with E-state index in [1.165, 1.54) is 0 Å². The van der Waals surface area contributed by atoms with Gasteiger partial charge in [0.25, 0.3) is 0 Å². The molecule has 1 fully saturated rings. The Hall–Kier alpha value is -1.14. The van der Waals surface area contributed by atoms with Crippen molar-refractivity contribution in [1.82, 2.24) is 10.2 Å². The molecule has 3 unspecified atom stereocenters. The lowest BCUT2D eigenvalue weighted by Crippen LogP contribution is -2.54. The van der Waals surface area contributed by atoms with E-state index in [1.54, 1.807) is 0 Å². The van der Waals surface area contributed by atoms with Gasteiger partial charge in [-0.3, -0.25) is 15.0 Å². The average molecular weight is 242 g/mol. The van der Waals surface area contributed by atoms with Crippen LogP contribution < -0.4 is 16.8 Å². The Morgan fingerprint density at radius 2 is 2.00 bits per heavy atom. The molecule has 1 heterocycles. The summed E-state index contributed by atoms with van der Waals surface area (Å²) in [7, 11) is 0. The van der Waals surface area contributed by atoms with E-state index in [-0.39, 0.29) is 18.5 Å². The standard InChI is InChI=1S/C11H22N4O2/c1-7-3-8(2)15(9(4-7)5-12)6-10(16)14-11(13)17/h7-9H,3-6,12H2,1-2H3,(H3,13,14,16,17). The van der Waals surface area contributed by atoms with Crippen LogP contribution in [0.2, 0.25) is 0 Å². The second-order valence-corrected chi connectivity index (χ2v) is 4.90. The van der Waals surface area contributed by atoms with E-state index in [4.69, 9.17) is 11.5 Å². The summed E-state index contributed by atoms with van der Waals surface area (Å²) in [6, 6.07) is -0.310. The number of rotatable bonds is 3. The molecule has 0 aromatic heterocycles. The Kier molecular flexibility index (Phi) is 4.89. The molecule has 0 saturated carbocycles. The lowest BCUT2D eigenvalue weighted by atomic mass is 9.88. The molecule has 1 aliphatic rings. The number of urea groups is 1. The summed E-state index contributed by atoms with van der Waals surface area (Å²) >= 11 is 0. The first kappa shape index (κ1) is 13.9. The average Bonchev–Trinajstić information content (AvgIpc) is 2.20. The molecule has 17 heavy (non-hydrogen) atoms. The van der Waals surface area contributed by atoms with Crippen molar-refractivity contribution < 1.29 is 9.59 Å². The van der Waals surface area contributed by atoms with E-state index < -0.39 is 6.03 Å². The molecular weight excluding hydrogens is 220 g/mol. The van der Waals surface area contributed by atoms with E-state index in [0.717, 1.165) is 12.8 Å². The molecule has 3 amide bonds. The lowest BCUT2D eigenvalue weighted by molar-refractivity contribution is -0.123. The minimum atomic E-state index is -0.808. The fourth-order valence-electron chi connectivity index (χ4n) is 2.63. The Morgan fingerprint density at radius 1 is 1.35 bits per heavy atom. The molecule has 0 aromatic carbocycles. The molecule has 6 nitrogen and oxygen atoms in total. The molecule has 98 valence electrons. The number of amides is 3. The predicted molar refractivity (Wildman–Crippen MR) is 65.1 cm³/mol. The van der Waals surface area contributed by atoms with Crippen LogP contribution in [0.4, 0.5) is 4.79 Å². The number of hydrogen-bond donors (Lipinski definition) is 3. The predicted octanol–water partition coefficient (Wildman–Crippen LogP) is -0.371. The van der Waals surface area contributed by atoms with E-state index in [0.29, 0.717) is 18.5 Å². The zero-order valence-corrected chi connectivity index (χ0v) is 10.5. The summed E-state index contributed by atoms with van der Waals surface area (Å²) in [6.07, 6.45) is 2.03. The Balaban J connectivity index is 2.59. The first-order valence-electron chi connectivity index (χ1n) is 5.99. The highest BCUT2D eigenvalue weighted by atomic mass is 16.2. The van der Waals surface area contributed by atoms with Gasteiger partial charge in [0.2, 0.25) is 5.91 Å². The van der Waals surface area contributed by atoms with Crippen molar-refractivity contribution >= 4 is 11.9 Å². The topological polar surface area (TPSA) is 101 Å². The highest BCUT2D eigenvalue weighted by Crippen LogP contribution is 2.26. The normalized spacial score (nSPS) is 29.9. The monoisotopic (exact) mass is 242 g/mol. The third kappa shape index (κ3) is 3.98. The van der Waals surface area contributed by atoms with Crippen LogP contribution >= 0.6 is 0 Å². The van der Waals surface area contributed by atoms with Gasteiger partial charge in [-0.2, -0.15) is 0 Å². The van der Waals surface area contributed by atoms with Crippen LogP contribution in [-0.4, -0.2) is 42.0 Å². The van der Waals surface area contributed by atoms with Crippen molar-refractivity contribution in [2.75, 3.05) is 13.1 Å². The van der Waals surface area contributed by atoms with Gasteiger partial charge in [-0.15, -0.1) is 0 Å². The van der Waals surface area contributed by atoms with Gasteiger partial charge in [0.05, 0.1) is 6.54 Å². The fraction of sp³-hybridized carbons (Fsp3) is 0.818. The number of hydrogen-bond acceptors (Lipinski definition) is 4. The first-order valence-corrected chi connectivity index (χ1v) is 5.99. The van der Waals surface area contributed by atoms with Crippen LogP contribution in [0.5, 0.6) is 0 Å². The van der Waals surface area contributed by atoms with E-state index in [1.807, 2.05) is 0 Å². The van der Waals surface area contributed by atoms with Gasteiger partial charge in [0, 0.05) is 18.6 Å². The van der Waals surface area contributed by atoms with Gasteiger partial charge in [0.1, 0.15) is 0 Å². The number of nitrogens with one attached hydrogen (secondary N) is 1. The van der Waals surface area contributed by atoms with Crippen molar-refractivity contribution in [3.63, 3.8) is 0 Å². The summed E-state index contributed by atoms with van der Waals surface area (Å²) < 4.78 is 0. The van der Waals surface area contributed by atoms with Crippen LogP contribution in [0.25, 0.3) is 0 Å². The van der Waals surface area contributed by atoms with Gasteiger partial charge in [-0.05, 0) is 25.7 Å². The second kappa shape index (κ2) is 5.97. The third-order valence-corrected chi connectivity index (χ3v) is 3.31. The lowest BCUT2D eigenvalue weighted by Gasteiger charge is -2.42. The Morgan fingerprint density at radius 3 is 2.53 bits per heavy atom. The number of imide groups is 1. The summed E-state index contributed by atoms with van der Waals surface area (Å²) in [4.78, 5) is 24.2. The maximum Gasteiger partial charge on any atom is 0.318 e. The van der Waals surface area contributed by atoms with Crippen molar-refractivity contribution in [3.8, 4) is 0 Å². The largest absolute Gasteiger partial charge is 0.351 e. The van der Waals surface area contributed by atoms with Crippen LogP contribution in [0.1, 0.15) is 26.7 Å². The number of likely N-dealkylation sites (tertiary alicyclic amines) is 1. The van der Waals surface area contributed by atoms with Crippen LogP contribution in [0.3, 0.4) is 0 Å². The molecule has 5 N–H and O–H groups in total. The molecule has 6 heteroatoms. The summed E-state index contributed by atoms with van der Waals surface area (Å²) in [6.45, 7) is 4.98. The van der Waals surface area contributed by atoms with E-state index in [9.17, 15) is 9.59 Å². The Bertz CT molecular complexity index is 295. The van der Waals surface area contributed by atoms with Gasteiger partial charge in [-0.1, -0.05) is 6.92 Å². The minimum Gasteiger partial charge on any atom is -0.351 e. The van der Waals surface area contributed by atoms with Gasteiger partial charge < -0.3 is 11.5 Å². The quantitative estimate of drug-likeness (QED) is 0.628. The molecule has 1 saturated heterocycles. The number of nitrogens with two attached hydrogens (primary N) is 2. The maximum absolute atomic E-state index is 11.5. The van der Waals surface area contributed by atoms with Crippen molar-refractivity contribution in [2.24, 2.45) is 17.4 Å². The molecule has 3 atom stereocenters. The zero-order valence-electron chi connectivity index (χ0n) is 10.5. The number of nitrogens with zero attached hydrogens (tertiary/aromatic N) is 1. The highest BCUT2D eigenvalue weighted by molar-refractivity contribution is 5.94. The van der Waals surface area contributed by atoms with Crippen LogP contribution in [0, 0.1) is 5.92 Å². The molecule has 0 spiro atoms. The number of piperidine rings is 1. The van der Waals surface area contributed by atoms with E-state index >= 15 is 0 Å². The number of carbonyl (C=O) groups excluding carboxylic acids is 2. The summed E-state index contributed by atoms with van der Waals surface area (Å²) in [5, 5.41) is 2.08. The summed E-state index contributed by atoms with van der Waals surface area (Å²) in [5.74, 6) is 0.256. The highest BCUT2D eigenvalue weighted by Gasteiger charge is 2.31. The molecule has 0 aliphatic carbocycles. The third-order valence-electron chi connectivity index (χ3n) is 3.31. The van der Waals surface area contributed by atoms with Crippen molar-refractivity contribution in [3.05, 3.63) is 0 Å². The molecule has 0 radical (unpaired) electrons. The van der Waals surface area contributed by atoms with Gasteiger partial charge >= 0.3 is 6.03 Å². The second-order valence-electron chi connectivity index (χ2n) is 4.90. The van der Waals surface area contributed by atoms with Crippen molar-refractivity contribution in [2.45, 2.75) is 38.8 Å².